The molecule has 1 aromatic heterocycles. The zero-order valence-electron chi connectivity index (χ0n) is 15.3. The summed E-state index contributed by atoms with van der Waals surface area (Å²) in [6, 6.07) is 19.9. The fourth-order valence-electron chi connectivity index (χ4n) is 2.68. The van der Waals surface area contributed by atoms with Crippen molar-refractivity contribution in [3.8, 4) is 0 Å². The third-order valence-corrected chi connectivity index (χ3v) is 5.20. The Balaban J connectivity index is 1.60. The van der Waals surface area contributed by atoms with E-state index >= 15 is 0 Å². The van der Waals surface area contributed by atoms with Crippen molar-refractivity contribution in [2.45, 2.75) is 13.1 Å². The van der Waals surface area contributed by atoms with Crippen LogP contribution in [0, 0.1) is 0 Å². The molecule has 0 radical (unpaired) electrons. The first kappa shape index (κ1) is 19.2. The lowest BCUT2D eigenvalue weighted by Crippen LogP contribution is -2.25. The Morgan fingerprint density at radius 3 is 1.81 bits per heavy atom. The van der Waals surface area contributed by atoms with Gasteiger partial charge in [-0.3, -0.25) is 0 Å². The van der Waals surface area contributed by atoms with Gasteiger partial charge in [-0.1, -0.05) is 85.1 Å². The lowest BCUT2D eigenvalue weighted by Gasteiger charge is -2.19. The van der Waals surface area contributed by atoms with Gasteiger partial charge in [0, 0.05) is 25.2 Å². The maximum absolute atomic E-state index is 5.88. The molecule has 0 aliphatic heterocycles. The minimum absolute atomic E-state index is 0.514. The molecule has 0 atom stereocenters. The van der Waals surface area contributed by atoms with E-state index in [1.54, 1.807) is 6.20 Å². The van der Waals surface area contributed by atoms with Crippen LogP contribution in [0.2, 0.25) is 0 Å². The van der Waals surface area contributed by atoms with Gasteiger partial charge in [-0.05, 0) is 0 Å². The Bertz CT molecular complexity index is 835. The van der Waals surface area contributed by atoms with Crippen molar-refractivity contribution < 1.29 is 4.42 Å². The molecule has 0 amide bonds. The van der Waals surface area contributed by atoms with E-state index < -0.39 is 0 Å². The van der Waals surface area contributed by atoms with Crippen LogP contribution in [0.5, 0.6) is 0 Å². The molecule has 0 saturated heterocycles. The fraction of sp³-hybridized carbons (Fsp3) is 0.190. The van der Waals surface area contributed by atoms with Gasteiger partial charge in [0.15, 0.2) is 0 Å². The molecule has 0 aliphatic rings. The number of thiocarbonyl (C=S) groups is 2. The Hall–Kier alpha value is -2.57. The van der Waals surface area contributed by atoms with E-state index in [4.69, 9.17) is 28.9 Å². The van der Waals surface area contributed by atoms with E-state index in [1.165, 1.54) is 0 Å². The third-order valence-electron chi connectivity index (χ3n) is 4.10. The number of hydrogen-bond donors (Lipinski definition) is 0. The van der Waals surface area contributed by atoms with Crippen molar-refractivity contribution in [2.75, 3.05) is 14.1 Å². The molecule has 1 heterocycles. The SMILES string of the molecule is CN(Cc1cnc(CN(C)C(=S)c2ccccc2)o1)C(=S)c1ccccc1. The van der Waals surface area contributed by atoms with E-state index in [0.29, 0.717) is 19.0 Å². The highest BCUT2D eigenvalue weighted by molar-refractivity contribution is 7.80. The first-order valence-corrected chi connectivity index (χ1v) is 9.41. The second kappa shape index (κ2) is 8.88. The molecule has 0 spiro atoms. The van der Waals surface area contributed by atoms with Gasteiger partial charge in [0.05, 0.1) is 19.3 Å². The fourth-order valence-corrected chi connectivity index (χ4v) is 3.08. The summed E-state index contributed by atoms with van der Waals surface area (Å²) in [5.74, 6) is 1.40. The summed E-state index contributed by atoms with van der Waals surface area (Å²) in [6.45, 7) is 1.08. The van der Waals surface area contributed by atoms with Crippen LogP contribution in [-0.2, 0) is 13.1 Å². The number of benzene rings is 2. The predicted octanol–water partition coefficient (Wildman–Crippen LogP) is 4.29. The molecule has 0 unspecified atom stereocenters. The molecule has 4 nitrogen and oxygen atoms in total. The molecule has 138 valence electrons. The zero-order valence-corrected chi connectivity index (χ0v) is 17.0. The second-order valence-corrected chi connectivity index (χ2v) is 7.05. The standard InChI is InChI=1S/C21H21N3OS2/c1-23(20(26)16-9-5-3-6-10-16)14-18-13-22-19(25-18)15-24(2)21(27)17-11-7-4-8-12-17/h3-13H,14-15H2,1-2H3. The first-order valence-electron chi connectivity index (χ1n) is 8.59. The Morgan fingerprint density at radius 2 is 1.30 bits per heavy atom. The average molecular weight is 396 g/mol. The molecule has 0 bridgehead atoms. The molecular weight excluding hydrogens is 374 g/mol. The van der Waals surface area contributed by atoms with Crippen LogP contribution in [0.25, 0.3) is 0 Å². The largest absolute Gasteiger partial charge is 0.442 e. The molecule has 0 saturated carbocycles. The molecule has 2 aromatic carbocycles. The monoisotopic (exact) mass is 395 g/mol. The molecule has 0 fully saturated rings. The molecular formula is C21H21N3OS2. The van der Waals surface area contributed by atoms with E-state index in [0.717, 1.165) is 26.9 Å². The average Bonchev–Trinajstić information content (AvgIpc) is 3.14. The summed E-state index contributed by atoms with van der Waals surface area (Å²) in [7, 11) is 3.89. The third kappa shape index (κ3) is 4.99. The number of oxazole rings is 1. The Kier molecular flexibility index (Phi) is 6.32. The van der Waals surface area contributed by atoms with Gasteiger partial charge in [-0.2, -0.15) is 0 Å². The summed E-state index contributed by atoms with van der Waals surface area (Å²) in [6.07, 6.45) is 1.75. The second-order valence-electron chi connectivity index (χ2n) is 6.27. The smallest absolute Gasteiger partial charge is 0.214 e. The molecule has 0 N–H and O–H groups in total. The maximum Gasteiger partial charge on any atom is 0.214 e. The molecule has 3 rings (SSSR count). The number of hydrogen-bond acceptors (Lipinski definition) is 4. The van der Waals surface area contributed by atoms with Crippen LogP contribution in [0.3, 0.4) is 0 Å². The lowest BCUT2D eigenvalue weighted by atomic mass is 10.2. The Labute approximate surface area is 170 Å². The van der Waals surface area contributed by atoms with E-state index in [-0.39, 0.29) is 0 Å². The molecule has 27 heavy (non-hydrogen) atoms. The molecule has 3 aromatic rings. The van der Waals surface area contributed by atoms with Crippen molar-refractivity contribution in [1.29, 1.82) is 0 Å². The van der Waals surface area contributed by atoms with Gasteiger partial charge < -0.3 is 14.2 Å². The quantitative estimate of drug-likeness (QED) is 0.579. The number of aromatic nitrogens is 1. The van der Waals surface area contributed by atoms with Crippen LogP contribution >= 0.6 is 24.4 Å². The van der Waals surface area contributed by atoms with Gasteiger partial charge in [-0.15, -0.1) is 0 Å². The van der Waals surface area contributed by atoms with Crippen molar-refractivity contribution in [3.05, 3.63) is 89.6 Å². The molecule has 0 aliphatic carbocycles. The minimum Gasteiger partial charge on any atom is -0.442 e. The summed E-state index contributed by atoms with van der Waals surface area (Å²) in [5, 5.41) is 0. The number of nitrogens with zero attached hydrogens (tertiary/aromatic N) is 3. The summed E-state index contributed by atoms with van der Waals surface area (Å²) >= 11 is 11.1. The van der Waals surface area contributed by atoms with E-state index in [2.05, 4.69) is 4.98 Å². The van der Waals surface area contributed by atoms with Crippen molar-refractivity contribution >= 4 is 34.4 Å². The Morgan fingerprint density at radius 1 is 0.815 bits per heavy atom. The van der Waals surface area contributed by atoms with Crippen LogP contribution < -0.4 is 0 Å². The maximum atomic E-state index is 5.88. The predicted molar refractivity (Wildman–Crippen MR) is 116 cm³/mol. The minimum atomic E-state index is 0.514. The lowest BCUT2D eigenvalue weighted by molar-refractivity contribution is 0.358. The van der Waals surface area contributed by atoms with Gasteiger partial charge in [0.25, 0.3) is 0 Å². The van der Waals surface area contributed by atoms with Crippen LogP contribution in [0.4, 0.5) is 0 Å². The van der Waals surface area contributed by atoms with E-state index in [1.807, 2.05) is 84.6 Å². The highest BCUT2D eigenvalue weighted by atomic mass is 32.1. The van der Waals surface area contributed by atoms with Crippen LogP contribution in [-0.4, -0.2) is 38.9 Å². The van der Waals surface area contributed by atoms with Crippen LogP contribution in [0.1, 0.15) is 22.8 Å². The first-order chi connectivity index (χ1) is 13.0. The topological polar surface area (TPSA) is 32.5 Å². The van der Waals surface area contributed by atoms with E-state index in [9.17, 15) is 0 Å². The summed E-state index contributed by atoms with van der Waals surface area (Å²) in [4.78, 5) is 9.85. The van der Waals surface area contributed by atoms with Gasteiger partial charge in [0.1, 0.15) is 15.7 Å². The summed E-state index contributed by atoms with van der Waals surface area (Å²) < 4.78 is 5.88. The highest BCUT2D eigenvalue weighted by Crippen LogP contribution is 2.13. The number of rotatable bonds is 6. The van der Waals surface area contributed by atoms with Crippen molar-refractivity contribution in [1.82, 2.24) is 14.8 Å². The van der Waals surface area contributed by atoms with Gasteiger partial charge in [-0.25, -0.2) is 4.98 Å². The molecule has 6 heteroatoms. The van der Waals surface area contributed by atoms with Gasteiger partial charge in [0.2, 0.25) is 5.89 Å². The van der Waals surface area contributed by atoms with Crippen LogP contribution in [0.15, 0.2) is 71.3 Å². The highest BCUT2D eigenvalue weighted by Gasteiger charge is 2.14. The van der Waals surface area contributed by atoms with Crippen molar-refractivity contribution in [2.24, 2.45) is 0 Å². The van der Waals surface area contributed by atoms with Gasteiger partial charge >= 0.3 is 0 Å². The van der Waals surface area contributed by atoms with Crippen molar-refractivity contribution in [3.63, 3.8) is 0 Å². The summed E-state index contributed by atoms with van der Waals surface area (Å²) in [5.41, 5.74) is 2.03. The zero-order chi connectivity index (χ0) is 19.2. The normalized spacial score (nSPS) is 10.4.